The normalized spacial score (nSPS) is 13.1. The van der Waals surface area contributed by atoms with E-state index in [4.69, 9.17) is 4.42 Å². The highest BCUT2D eigenvalue weighted by Crippen LogP contribution is 2.53. The maximum Gasteiger partial charge on any atom is 0.136 e. The third-order valence-electron chi connectivity index (χ3n) is 13.5. The zero-order chi connectivity index (χ0) is 41.1. The average molecular weight is 810 g/mol. The molecular formula is C59H39NOS. The summed E-state index contributed by atoms with van der Waals surface area (Å²) in [5.41, 5.74) is 14.9. The summed E-state index contributed by atoms with van der Waals surface area (Å²) in [5.74, 6) is 0. The molecule has 10 aromatic carbocycles. The molecule has 0 amide bonds. The van der Waals surface area contributed by atoms with Gasteiger partial charge in [0.25, 0.3) is 0 Å². The van der Waals surface area contributed by atoms with Crippen LogP contribution in [0.15, 0.2) is 205 Å². The highest BCUT2D eigenvalue weighted by atomic mass is 32.1. The lowest BCUT2D eigenvalue weighted by molar-refractivity contribution is 0.660. The number of furan rings is 1. The van der Waals surface area contributed by atoms with Gasteiger partial charge in [-0.2, -0.15) is 0 Å². The predicted octanol–water partition coefficient (Wildman–Crippen LogP) is 17.4. The van der Waals surface area contributed by atoms with E-state index in [9.17, 15) is 0 Å². The van der Waals surface area contributed by atoms with Gasteiger partial charge in [-0.3, -0.25) is 0 Å². The molecule has 0 unspecified atom stereocenters. The first kappa shape index (κ1) is 35.3. The molecule has 1 aliphatic carbocycles. The van der Waals surface area contributed by atoms with Gasteiger partial charge in [-0.15, -0.1) is 11.3 Å². The molecule has 0 radical (unpaired) electrons. The van der Waals surface area contributed by atoms with Crippen molar-refractivity contribution in [2.45, 2.75) is 19.3 Å². The van der Waals surface area contributed by atoms with Gasteiger partial charge >= 0.3 is 0 Å². The number of nitrogens with zero attached hydrogens (tertiary/aromatic N) is 1. The molecule has 1 aliphatic rings. The van der Waals surface area contributed by atoms with Gasteiger partial charge in [0.15, 0.2) is 0 Å². The van der Waals surface area contributed by atoms with Gasteiger partial charge in [0.1, 0.15) is 11.2 Å². The van der Waals surface area contributed by atoms with Crippen molar-refractivity contribution in [1.29, 1.82) is 0 Å². The fourth-order valence-electron chi connectivity index (χ4n) is 10.5. The molecule has 0 saturated carbocycles. The molecule has 2 aromatic heterocycles. The van der Waals surface area contributed by atoms with E-state index in [1.165, 1.54) is 75.1 Å². The van der Waals surface area contributed by atoms with Gasteiger partial charge < -0.3 is 9.32 Å². The van der Waals surface area contributed by atoms with Crippen molar-refractivity contribution in [3.05, 3.63) is 211 Å². The molecule has 3 heteroatoms. The number of thiophene rings is 1. The lowest BCUT2D eigenvalue weighted by Gasteiger charge is -2.31. The van der Waals surface area contributed by atoms with Gasteiger partial charge in [-0.05, 0) is 121 Å². The van der Waals surface area contributed by atoms with Crippen LogP contribution < -0.4 is 4.90 Å². The van der Waals surface area contributed by atoms with Crippen LogP contribution in [-0.4, -0.2) is 0 Å². The first-order valence-electron chi connectivity index (χ1n) is 21.4. The fourth-order valence-corrected chi connectivity index (χ4v) is 11.7. The Morgan fingerprint density at radius 2 is 1.05 bits per heavy atom. The van der Waals surface area contributed by atoms with Gasteiger partial charge in [0, 0.05) is 53.3 Å². The van der Waals surface area contributed by atoms with Crippen molar-refractivity contribution >= 4 is 92.1 Å². The van der Waals surface area contributed by atoms with Crippen molar-refractivity contribution in [3.63, 3.8) is 0 Å². The quantitative estimate of drug-likeness (QED) is 0.161. The van der Waals surface area contributed by atoms with Crippen LogP contribution in [0.1, 0.15) is 25.0 Å². The number of anilines is 3. The molecule has 13 rings (SSSR count). The number of rotatable bonds is 5. The molecule has 12 aromatic rings. The summed E-state index contributed by atoms with van der Waals surface area (Å²) in [7, 11) is 0. The van der Waals surface area contributed by atoms with E-state index < -0.39 is 0 Å². The fraction of sp³-hybridized carbons (Fsp3) is 0.0508. The summed E-state index contributed by atoms with van der Waals surface area (Å²) in [5, 5.41) is 9.78. The third-order valence-corrected chi connectivity index (χ3v) is 14.6. The number of fused-ring (bicyclic) bond motifs is 12. The molecule has 0 atom stereocenters. The van der Waals surface area contributed by atoms with Crippen molar-refractivity contribution in [2.24, 2.45) is 0 Å². The van der Waals surface area contributed by atoms with Crippen molar-refractivity contribution in [2.75, 3.05) is 4.90 Å². The van der Waals surface area contributed by atoms with E-state index in [1.807, 2.05) is 17.4 Å². The Morgan fingerprint density at radius 3 is 1.95 bits per heavy atom. The van der Waals surface area contributed by atoms with Crippen LogP contribution >= 0.6 is 11.3 Å². The van der Waals surface area contributed by atoms with E-state index in [-0.39, 0.29) is 5.41 Å². The number of hydrogen-bond acceptors (Lipinski definition) is 3. The maximum atomic E-state index is 6.63. The Labute approximate surface area is 363 Å². The maximum absolute atomic E-state index is 6.63. The molecule has 0 spiro atoms. The van der Waals surface area contributed by atoms with Crippen LogP contribution in [0.25, 0.3) is 97.0 Å². The molecule has 0 bridgehead atoms. The lowest BCUT2D eigenvalue weighted by Crippen LogP contribution is -2.17. The monoisotopic (exact) mass is 809 g/mol. The molecule has 0 aliphatic heterocycles. The minimum atomic E-state index is -0.163. The van der Waals surface area contributed by atoms with Gasteiger partial charge in [-0.1, -0.05) is 153 Å². The zero-order valence-corrected chi connectivity index (χ0v) is 35.1. The van der Waals surface area contributed by atoms with Crippen LogP contribution in [0.2, 0.25) is 0 Å². The minimum absolute atomic E-state index is 0.163. The van der Waals surface area contributed by atoms with Crippen molar-refractivity contribution in [3.8, 4) is 33.4 Å². The zero-order valence-electron chi connectivity index (χ0n) is 34.3. The van der Waals surface area contributed by atoms with Crippen LogP contribution in [0.3, 0.4) is 0 Å². The summed E-state index contributed by atoms with van der Waals surface area (Å²) in [6, 6.07) is 73.9. The second kappa shape index (κ2) is 13.3. The molecule has 62 heavy (non-hydrogen) atoms. The second-order valence-electron chi connectivity index (χ2n) is 17.2. The standard InChI is InChI=1S/C59H39NOS/c1-59(2)51-22-10-7-18-43(51)44-30-27-38(34-52(44)59)60(39-28-31-48-47-20-9-12-25-56(47)62-57(48)35-39)53-23-13-21-49(50-32-36-14-3-4-15-40(36)41-16-5-6-17-42(41)50)58(53)37-26-29-46-45-19-8-11-24-54(45)61-55(46)33-37/h3-35H,1-2H3. The molecule has 0 N–H and O–H groups in total. The SMILES string of the molecule is CC1(C)c2ccccc2-c2ccc(N(c3ccc4c(c3)sc3ccccc34)c3cccc(-c4cc5ccccc5c5ccccc45)c3-c3ccc4c(c3)oc3ccccc34)cc21. The summed E-state index contributed by atoms with van der Waals surface area (Å²) in [6.45, 7) is 4.74. The third kappa shape index (κ3) is 5.16. The summed E-state index contributed by atoms with van der Waals surface area (Å²) < 4.78 is 9.19. The topological polar surface area (TPSA) is 16.4 Å². The Morgan fingerprint density at radius 1 is 0.403 bits per heavy atom. The highest BCUT2D eigenvalue weighted by molar-refractivity contribution is 7.25. The molecular weight excluding hydrogens is 771 g/mol. The Kier molecular flexibility index (Phi) is 7.56. The van der Waals surface area contributed by atoms with E-state index in [1.54, 1.807) is 0 Å². The largest absolute Gasteiger partial charge is 0.456 e. The van der Waals surface area contributed by atoms with E-state index >= 15 is 0 Å². The lowest BCUT2D eigenvalue weighted by atomic mass is 9.82. The number of benzene rings is 10. The van der Waals surface area contributed by atoms with Crippen molar-refractivity contribution in [1.82, 2.24) is 0 Å². The Bertz CT molecular complexity index is 3810. The first-order chi connectivity index (χ1) is 30.5. The minimum Gasteiger partial charge on any atom is -0.456 e. The smallest absolute Gasteiger partial charge is 0.136 e. The number of hydrogen-bond donors (Lipinski definition) is 0. The summed E-state index contributed by atoms with van der Waals surface area (Å²) in [4.78, 5) is 2.51. The van der Waals surface area contributed by atoms with Gasteiger partial charge in [0.2, 0.25) is 0 Å². The molecule has 0 fully saturated rings. The molecule has 2 nitrogen and oxygen atoms in total. The van der Waals surface area contributed by atoms with Gasteiger partial charge in [-0.25, -0.2) is 0 Å². The van der Waals surface area contributed by atoms with E-state index in [0.717, 1.165) is 50.1 Å². The Hall–Kier alpha value is -7.46. The first-order valence-corrected chi connectivity index (χ1v) is 22.2. The number of para-hydroxylation sites is 1. The van der Waals surface area contributed by atoms with Crippen LogP contribution in [0.4, 0.5) is 17.1 Å². The van der Waals surface area contributed by atoms with Crippen LogP contribution in [0, 0.1) is 0 Å². The Balaban J connectivity index is 1.13. The van der Waals surface area contributed by atoms with Crippen LogP contribution in [-0.2, 0) is 5.41 Å². The summed E-state index contributed by atoms with van der Waals surface area (Å²) >= 11 is 1.86. The van der Waals surface area contributed by atoms with Crippen LogP contribution in [0.5, 0.6) is 0 Å². The van der Waals surface area contributed by atoms with Gasteiger partial charge in [0.05, 0.1) is 5.69 Å². The van der Waals surface area contributed by atoms with E-state index in [2.05, 4.69) is 213 Å². The second-order valence-corrected chi connectivity index (χ2v) is 18.3. The highest BCUT2D eigenvalue weighted by Gasteiger charge is 2.36. The predicted molar refractivity (Wildman–Crippen MR) is 265 cm³/mol. The average Bonchev–Trinajstić information content (AvgIpc) is 3.95. The van der Waals surface area contributed by atoms with Crippen molar-refractivity contribution < 1.29 is 4.42 Å². The van der Waals surface area contributed by atoms with E-state index in [0.29, 0.717) is 0 Å². The molecule has 0 saturated heterocycles. The summed E-state index contributed by atoms with van der Waals surface area (Å²) in [6.07, 6.45) is 0. The molecule has 2 heterocycles. The molecule has 292 valence electrons.